The molecule has 1 aliphatic rings. The number of nitrogens with two attached hydrogens (primary N) is 1. The van der Waals surface area contributed by atoms with Crippen LogP contribution in [0.3, 0.4) is 0 Å². The van der Waals surface area contributed by atoms with Crippen LogP contribution in [0.5, 0.6) is 0 Å². The molecule has 8 heteroatoms. The monoisotopic (exact) mass is 425 g/mol. The van der Waals surface area contributed by atoms with Crippen LogP contribution >= 0.6 is 0 Å². The minimum atomic E-state index is -0.622. The predicted molar refractivity (Wildman–Crippen MR) is 118 cm³/mol. The number of carbonyl (C=O) groups is 1. The molecule has 2 aromatic heterocycles. The Bertz CT molecular complexity index is 1170. The van der Waals surface area contributed by atoms with E-state index in [1.165, 1.54) is 6.07 Å². The molecular weight excluding hydrogens is 397 g/mol. The normalized spacial score (nSPS) is 15.2. The van der Waals surface area contributed by atoms with Crippen LogP contribution < -0.4 is 11.1 Å². The van der Waals surface area contributed by atoms with E-state index in [2.05, 4.69) is 15.3 Å². The van der Waals surface area contributed by atoms with Crippen molar-refractivity contribution in [2.45, 2.75) is 58.5 Å². The van der Waals surface area contributed by atoms with Crippen molar-refractivity contribution in [3.8, 4) is 11.3 Å². The molecule has 4 N–H and O–H groups in total. The fourth-order valence-corrected chi connectivity index (χ4v) is 3.65. The van der Waals surface area contributed by atoms with Gasteiger partial charge in [0.2, 0.25) is 0 Å². The van der Waals surface area contributed by atoms with Gasteiger partial charge in [-0.05, 0) is 65.7 Å². The highest BCUT2D eigenvalue weighted by atomic mass is 19.1. The summed E-state index contributed by atoms with van der Waals surface area (Å²) < 4.78 is 20.3. The number of anilines is 1. The van der Waals surface area contributed by atoms with E-state index in [9.17, 15) is 4.79 Å². The van der Waals surface area contributed by atoms with Crippen molar-refractivity contribution in [1.29, 1.82) is 0 Å². The van der Waals surface area contributed by atoms with Gasteiger partial charge in [0.25, 0.3) is 0 Å². The van der Waals surface area contributed by atoms with E-state index in [0.29, 0.717) is 33.8 Å². The van der Waals surface area contributed by atoms with Gasteiger partial charge in [0.1, 0.15) is 17.2 Å². The van der Waals surface area contributed by atoms with Gasteiger partial charge in [-0.1, -0.05) is 0 Å². The minimum Gasteiger partial charge on any atom is -0.462 e. The molecule has 0 bridgehead atoms. The molecule has 4 rings (SSSR count). The number of rotatable bonds is 5. The Morgan fingerprint density at radius 3 is 2.65 bits per heavy atom. The summed E-state index contributed by atoms with van der Waals surface area (Å²) in [7, 11) is 0. The Morgan fingerprint density at radius 1 is 1.32 bits per heavy atom. The second-order valence-electron chi connectivity index (χ2n) is 9.17. The molecule has 1 saturated carbocycles. The number of hydrogen-bond acceptors (Lipinski definition) is 6. The molecule has 1 fully saturated rings. The number of hydrogen-bond donors (Lipinski definition) is 3. The molecule has 1 aliphatic carbocycles. The largest absolute Gasteiger partial charge is 0.462 e. The van der Waals surface area contributed by atoms with Gasteiger partial charge in [0, 0.05) is 5.54 Å². The van der Waals surface area contributed by atoms with Crippen molar-refractivity contribution in [3.05, 3.63) is 41.0 Å². The second-order valence-corrected chi connectivity index (χ2v) is 9.17. The highest BCUT2D eigenvalue weighted by molar-refractivity contribution is 5.97. The van der Waals surface area contributed by atoms with Crippen molar-refractivity contribution in [2.75, 3.05) is 11.9 Å². The summed E-state index contributed by atoms with van der Waals surface area (Å²) in [5, 5.41) is 3.33. The molecule has 0 saturated heterocycles. The lowest BCUT2D eigenvalue weighted by Crippen LogP contribution is -2.27. The number of nitrogens with one attached hydrogen (secondary N) is 2. The Kier molecular flexibility index (Phi) is 5.00. The Balaban J connectivity index is 1.92. The number of esters is 1. The van der Waals surface area contributed by atoms with E-state index in [-0.39, 0.29) is 17.7 Å². The van der Waals surface area contributed by atoms with Gasteiger partial charge in [0.15, 0.2) is 0 Å². The molecule has 164 valence electrons. The first-order valence-electron chi connectivity index (χ1n) is 10.5. The molecular formula is C23H28FN5O2. The van der Waals surface area contributed by atoms with E-state index in [1.807, 2.05) is 27.7 Å². The molecule has 7 nitrogen and oxygen atoms in total. The van der Waals surface area contributed by atoms with E-state index < -0.39 is 17.3 Å². The summed E-state index contributed by atoms with van der Waals surface area (Å²) in [5.41, 5.74) is 8.81. The first kappa shape index (κ1) is 21.2. The smallest absolute Gasteiger partial charge is 0.340 e. The standard InChI is InChI=1S/C23H28FN5O2/c1-6-31-21(30)13-11-16(27-19(13)23(25)9-10-23)17-14(24)7-8-15-18(17)28-20(12(2)26-15)29-22(3,4)5/h7-8,11,27H,6,9-10,25H2,1-5H3,(H,28,29). The van der Waals surface area contributed by atoms with Crippen LogP contribution in [0.15, 0.2) is 18.2 Å². The number of nitrogens with zero attached hydrogens (tertiary/aromatic N) is 2. The second kappa shape index (κ2) is 7.30. The Labute approximate surface area is 180 Å². The Morgan fingerprint density at radius 2 is 2.03 bits per heavy atom. The fraction of sp³-hybridized carbons (Fsp3) is 0.435. The molecule has 0 amide bonds. The third kappa shape index (κ3) is 3.99. The number of ether oxygens (including phenoxy) is 1. The van der Waals surface area contributed by atoms with Crippen LogP contribution in [-0.2, 0) is 10.3 Å². The molecule has 0 spiro atoms. The summed E-state index contributed by atoms with van der Waals surface area (Å²) in [5.74, 6) is -0.353. The van der Waals surface area contributed by atoms with Crippen LogP contribution in [0.4, 0.5) is 10.2 Å². The molecule has 2 heterocycles. The van der Waals surface area contributed by atoms with E-state index in [0.717, 1.165) is 18.5 Å². The average Bonchev–Trinajstić information content (AvgIpc) is 3.25. The van der Waals surface area contributed by atoms with Crippen molar-refractivity contribution >= 4 is 22.8 Å². The van der Waals surface area contributed by atoms with Gasteiger partial charge in [-0.3, -0.25) is 0 Å². The molecule has 0 radical (unpaired) electrons. The third-order valence-corrected chi connectivity index (χ3v) is 5.32. The molecule has 0 unspecified atom stereocenters. The summed E-state index contributed by atoms with van der Waals surface area (Å²) in [6, 6.07) is 4.58. The number of aromatic amines is 1. The van der Waals surface area contributed by atoms with E-state index >= 15 is 4.39 Å². The first-order valence-corrected chi connectivity index (χ1v) is 10.5. The lowest BCUT2D eigenvalue weighted by molar-refractivity contribution is 0.0524. The lowest BCUT2D eigenvalue weighted by Gasteiger charge is -2.22. The number of benzene rings is 1. The number of carbonyl (C=O) groups excluding carboxylic acids is 1. The van der Waals surface area contributed by atoms with Crippen molar-refractivity contribution < 1.29 is 13.9 Å². The molecule has 3 aromatic rings. The zero-order chi connectivity index (χ0) is 22.6. The van der Waals surface area contributed by atoms with Gasteiger partial charge in [0.05, 0.1) is 45.9 Å². The van der Waals surface area contributed by atoms with Gasteiger partial charge in [-0.2, -0.15) is 0 Å². The van der Waals surface area contributed by atoms with Crippen LogP contribution in [-0.4, -0.2) is 33.1 Å². The first-order chi connectivity index (χ1) is 14.5. The maximum Gasteiger partial charge on any atom is 0.340 e. The Hall–Kier alpha value is -3.00. The highest BCUT2D eigenvalue weighted by Crippen LogP contribution is 2.45. The quantitative estimate of drug-likeness (QED) is 0.523. The third-order valence-electron chi connectivity index (χ3n) is 5.32. The van der Waals surface area contributed by atoms with Gasteiger partial charge >= 0.3 is 5.97 Å². The predicted octanol–water partition coefficient (Wildman–Crippen LogP) is 4.41. The molecule has 0 atom stereocenters. The topological polar surface area (TPSA) is 106 Å². The van der Waals surface area contributed by atoms with Crippen molar-refractivity contribution in [3.63, 3.8) is 0 Å². The summed E-state index contributed by atoms with van der Waals surface area (Å²) in [4.78, 5) is 25.1. The zero-order valence-electron chi connectivity index (χ0n) is 18.5. The lowest BCUT2D eigenvalue weighted by atomic mass is 10.1. The molecule has 0 aliphatic heterocycles. The SMILES string of the molecule is CCOC(=O)c1cc(-c2c(F)ccc3nc(C)c(NC(C)(C)C)nc23)[nH]c1C1(N)CC1. The van der Waals surface area contributed by atoms with Gasteiger partial charge < -0.3 is 20.8 Å². The summed E-state index contributed by atoms with van der Waals surface area (Å²) in [6.45, 7) is 9.90. The van der Waals surface area contributed by atoms with Crippen LogP contribution in [0.25, 0.3) is 22.3 Å². The van der Waals surface area contributed by atoms with Crippen LogP contribution in [0.2, 0.25) is 0 Å². The number of halogens is 1. The molecule has 31 heavy (non-hydrogen) atoms. The van der Waals surface area contributed by atoms with Crippen molar-refractivity contribution in [2.24, 2.45) is 5.73 Å². The number of aromatic nitrogens is 3. The average molecular weight is 426 g/mol. The van der Waals surface area contributed by atoms with Gasteiger partial charge in [-0.15, -0.1) is 0 Å². The molecule has 1 aromatic carbocycles. The van der Waals surface area contributed by atoms with Crippen molar-refractivity contribution in [1.82, 2.24) is 15.0 Å². The number of H-pyrrole nitrogens is 1. The minimum absolute atomic E-state index is 0.241. The highest BCUT2D eigenvalue weighted by Gasteiger charge is 2.44. The fourth-order valence-electron chi connectivity index (χ4n) is 3.65. The van der Waals surface area contributed by atoms with E-state index in [1.54, 1.807) is 19.1 Å². The maximum absolute atomic E-state index is 15.1. The summed E-state index contributed by atoms with van der Waals surface area (Å²) in [6.07, 6.45) is 1.49. The summed E-state index contributed by atoms with van der Waals surface area (Å²) >= 11 is 0. The maximum atomic E-state index is 15.1. The van der Waals surface area contributed by atoms with E-state index in [4.69, 9.17) is 15.5 Å². The number of fused-ring (bicyclic) bond motifs is 1. The zero-order valence-corrected chi connectivity index (χ0v) is 18.5. The number of aryl methyl sites for hydroxylation is 1. The van der Waals surface area contributed by atoms with Gasteiger partial charge in [-0.25, -0.2) is 19.2 Å². The van der Waals surface area contributed by atoms with Crippen LogP contribution in [0.1, 0.15) is 62.3 Å². The van der Waals surface area contributed by atoms with Crippen LogP contribution in [0, 0.1) is 12.7 Å².